The number of anilines is 1. The van der Waals surface area contributed by atoms with Gasteiger partial charge in [-0.1, -0.05) is 0 Å². The highest BCUT2D eigenvalue weighted by Gasteiger charge is 2.27. The number of piperazine rings is 1. The molecule has 3 rings (SSSR count). The number of methoxy groups -OCH3 is 2. The van der Waals surface area contributed by atoms with E-state index in [2.05, 4.69) is 29.8 Å². The molecule has 0 spiro atoms. The second kappa shape index (κ2) is 6.62. The van der Waals surface area contributed by atoms with Crippen molar-refractivity contribution in [2.75, 3.05) is 51.8 Å². The molecule has 5 nitrogen and oxygen atoms in total. The molecule has 1 aliphatic heterocycles. The van der Waals surface area contributed by atoms with E-state index in [1.54, 1.807) is 19.1 Å². The standard InChI is InChI=1S/C18H25N3O2/c1-5-20-8-10-21(11-9-20)16-12-13(2)17-14(22-3)6-7-15(23-4)18(17)19-16/h6-7,12H,5,8-11H2,1-4H3/p+2. The van der Waals surface area contributed by atoms with Gasteiger partial charge in [0, 0.05) is 6.07 Å². The predicted octanol–water partition coefficient (Wildman–Crippen LogP) is 0.704. The third-order valence-electron chi connectivity index (χ3n) is 4.88. The van der Waals surface area contributed by atoms with E-state index in [-0.39, 0.29) is 0 Å². The zero-order valence-corrected chi connectivity index (χ0v) is 14.5. The molecule has 0 radical (unpaired) electrons. The lowest BCUT2D eigenvalue weighted by molar-refractivity contribution is -0.898. The van der Waals surface area contributed by atoms with E-state index in [0.717, 1.165) is 41.3 Å². The predicted molar refractivity (Wildman–Crippen MR) is 91.8 cm³/mol. The number of ether oxygens (including phenoxy) is 2. The highest BCUT2D eigenvalue weighted by atomic mass is 16.5. The summed E-state index contributed by atoms with van der Waals surface area (Å²) in [5.74, 6) is 2.89. The summed E-state index contributed by atoms with van der Waals surface area (Å²) in [6, 6.07) is 6.15. The van der Waals surface area contributed by atoms with Crippen LogP contribution in [0.4, 0.5) is 5.82 Å². The first-order valence-corrected chi connectivity index (χ1v) is 8.34. The molecule has 2 heterocycles. The molecule has 0 unspecified atom stereocenters. The van der Waals surface area contributed by atoms with E-state index in [0.29, 0.717) is 0 Å². The Hall–Kier alpha value is -2.01. The van der Waals surface area contributed by atoms with Crippen LogP contribution in [0.2, 0.25) is 0 Å². The number of benzene rings is 1. The van der Waals surface area contributed by atoms with E-state index in [1.807, 2.05) is 12.1 Å². The number of aromatic amines is 1. The Labute approximate surface area is 137 Å². The number of nitrogens with one attached hydrogen (secondary N) is 2. The maximum absolute atomic E-state index is 5.55. The van der Waals surface area contributed by atoms with E-state index in [4.69, 9.17) is 9.47 Å². The molecular weight excluding hydrogens is 290 g/mol. The maximum Gasteiger partial charge on any atom is 0.275 e. The molecule has 1 saturated heterocycles. The molecule has 23 heavy (non-hydrogen) atoms. The van der Waals surface area contributed by atoms with Gasteiger partial charge in [0.15, 0.2) is 11.3 Å². The van der Waals surface area contributed by atoms with Crippen LogP contribution in [0.1, 0.15) is 12.5 Å². The molecule has 2 N–H and O–H groups in total. The van der Waals surface area contributed by atoms with Crippen LogP contribution < -0.4 is 24.3 Å². The second-order valence-corrected chi connectivity index (χ2v) is 6.15. The Bertz CT molecular complexity index is 694. The van der Waals surface area contributed by atoms with Gasteiger partial charge in [-0.2, -0.15) is 0 Å². The van der Waals surface area contributed by atoms with E-state index < -0.39 is 0 Å². The minimum absolute atomic E-state index is 0.851. The first-order valence-electron chi connectivity index (χ1n) is 8.34. The molecule has 1 fully saturated rings. The highest BCUT2D eigenvalue weighted by Crippen LogP contribution is 2.33. The number of rotatable bonds is 4. The van der Waals surface area contributed by atoms with Gasteiger partial charge in [0.25, 0.3) is 5.82 Å². The monoisotopic (exact) mass is 317 g/mol. The minimum Gasteiger partial charge on any atom is -0.496 e. The van der Waals surface area contributed by atoms with Gasteiger partial charge < -0.3 is 14.4 Å². The molecule has 5 heteroatoms. The molecule has 1 aromatic carbocycles. The van der Waals surface area contributed by atoms with Crippen LogP contribution in [0.3, 0.4) is 0 Å². The maximum atomic E-state index is 5.55. The molecule has 0 aliphatic carbocycles. The van der Waals surface area contributed by atoms with Gasteiger partial charge in [0.1, 0.15) is 31.9 Å². The van der Waals surface area contributed by atoms with Crippen LogP contribution in [0.25, 0.3) is 10.9 Å². The summed E-state index contributed by atoms with van der Waals surface area (Å²) in [6.45, 7) is 10.1. The number of aromatic nitrogens is 1. The smallest absolute Gasteiger partial charge is 0.275 e. The fourth-order valence-electron chi connectivity index (χ4n) is 3.45. The largest absolute Gasteiger partial charge is 0.496 e. The van der Waals surface area contributed by atoms with Crippen LogP contribution in [0, 0.1) is 6.92 Å². The number of hydrogen-bond donors (Lipinski definition) is 1. The molecule has 1 aromatic heterocycles. The average molecular weight is 317 g/mol. The van der Waals surface area contributed by atoms with Gasteiger partial charge >= 0.3 is 0 Å². The summed E-state index contributed by atoms with van der Waals surface area (Å²) in [7, 11) is 3.42. The number of aryl methyl sites for hydroxylation is 1. The summed E-state index contributed by atoms with van der Waals surface area (Å²) < 4.78 is 11.1. The number of quaternary nitrogens is 1. The first-order chi connectivity index (χ1) is 11.2. The normalized spacial score (nSPS) is 15.9. The van der Waals surface area contributed by atoms with Crippen molar-refractivity contribution < 1.29 is 19.4 Å². The molecule has 0 atom stereocenters. The van der Waals surface area contributed by atoms with Crippen molar-refractivity contribution in [2.45, 2.75) is 13.8 Å². The Morgan fingerprint density at radius 2 is 1.78 bits per heavy atom. The highest BCUT2D eigenvalue weighted by molar-refractivity contribution is 5.91. The van der Waals surface area contributed by atoms with Crippen LogP contribution in [0.15, 0.2) is 18.2 Å². The number of likely N-dealkylation sites (N-methyl/N-ethyl adjacent to an activating group) is 1. The van der Waals surface area contributed by atoms with Gasteiger partial charge in [-0.3, -0.25) is 4.90 Å². The van der Waals surface area contributed by atoms with Crippen molar-refractivity contribution in [3.05, 3.63) is 23.8 Å². The van der Waals surface area contributed by atoms with Crippen molar-refractivity contribution in [1.82, 2.24) is 0 Å². The lowest BCUT2D eigenvalue weighted by Crippen LogP contribution is -3.14. The molecule has 0 saturated carbocycles. The number of pyridine rings is 1. The van der Waals surface area contributed by atoms with Crippen molar-refractivity contribution >= 4 is 16.7 Å². The Morgan fingerprint density at radius 3 is 2.39 bits per heavy atom. The zero-order chi connectivity index (χ0) is 16.4. The van der Waals surface area contributed by atoms with Gasteiger partial charge in [-0.25, -0.2) is 4.98 Å². The van der Waals surface area contributed by atoms with Gasteiger partial charge in [-0.05, 0) is 31.5 Å². The van der Waals surface area contributed by atoms with Crippen LogP contribution in [-0.4, -0.2) is 46.9 Å². The first kappa shape index (κ1) is 15.9. The molecule has 0 bridgehead atoms. The fraction of sp³-hybridized carbons (Fsp3) is 0.500. The van der Waals surface area contributed by atoms with Crippen molar-refractivity contribution in [1.29, 1.82) is 0 Å². The van der Waals surface area contributed by atoms with Crippen molar-refractivity contribution in [2.24, 2.45) is 0 Å². The molecular formula is C18H27N3O2+2. The number of H-pyrrole nitrogens is 1. The topological polar surface area (TPSA) is 40.3 Å². The van der Waals surface area contributed by atoms with E-state index in [9.17, 15) is 0 Å². The third-order valence-corrected chi connectivity index (χ3v) is 4.88. The molecule has 1 aliphatic rings. The fourth-order valence-corrected chi connectivity index (χ4v) is 3.45. The lowest BCUT2D eigenvalue weighted by Gasteiger charge is -2.27. The third kappa shape index (κ3) is 2.93. The van der Waals surface area contributed by atoms with Crippen LogP contribution in [-0.2, 0) is 0 Å². The summed E-state index contributed by atoms with van der Waals surface area (Å²) in [6.07, 6.45) is 0. The van der Waals surface area contributed by atoms with Gasteiger partial charge in [0.2, 0.25) is 0 Å². The average Bonchev–Trinajstić information content (AvgIpc) is 2.60. The van der Waals surface area contributed by atoms with Crippen LogP contribution >= 0.6 is 0 Å². The van der Waals surface area contributed by atoms with Gasteiger partial charge in [-0.15, -0.1) is 0 Å². The van der Waals surface area contributed by atoms with Crippen molar-refractivity contribution in [3.8, 4) is 11.5 Å². The SMILES string of the molecule is CC[NH+]1CCN(c2cc(C)c3c(OC)ccc(OC)c3[nH+]2)CC1. The second-order valence-electron chi connectivity index (χ2n) is 6.15. The number of hydrogen-bond acceptors (Lipinski definition) is 3. The zero-order valence-electron chi connectivity index (χ0n) is 14.5. The Morgan fingerprint density at radius 1 is 1.13 bits per heavy atom. The van der Waals surface area contributed by atoms with Gasteiger partial charge in [0.05, 0.1) is 26.2 Å². The minimum atomic E-state index is 0.851. The van der Waals surface area contributed by atoms with E-state index >= 15 is 0 Å². The summed E-state index contributed by atoms with van der Waals surface area (Å²) in [5.41, 5.74) is 2.21. The van der Waals surface area contributed by atoms with Crippen LogP contribution in [0.5, 0.6) is 11.5 Å². The Kier molecular flexibility index (Phi) is 4.57. The quantitative estimate of drug-likeness (QED) is 0.903. The number of fused-ring (bicyclic) bond motifs is 1. The lowest BCUT2D eigenvalue weighted by atomic mass is 10.1. The summed E-state index contributed by atoms with van der Waals surface area (Å²) in [5, 5.41) is 1.09. The summed E-state index contributed by atoms with van der Waals surface area (Å²) >= 11 is 0. The Balaban J connectivity index is 2.03. The number of nitrogens with zero attached hydrogens (tertiary/aromatic N) is 1. The van der Waals surface area contributed by atoms with E-state index in [1.165, 1.54) is 25.2 Å². The molecule has 0 amide bonds. The molecule has 2 aromatic rings. The van der Waals surface area contributed by atoms with Crippen molar-refractivity contribution in [3.63, 3.8) is 0 Å². The molecule has 124 valence electrons. The summed E-state index contributed by atoms with van der Waals surface area (Å²) in [4.78, 5) is 7.69.